The van der Waals surface area contributed by atoms with Crippen molar-refractivity contribution in [3.8, 4) is 0 Å². The van der Waals surface area contributed by atoms with E-state index in [1.54, 1.807) is 0 Å². The largest absolute Gasteiger partial charge is 0.480 e. The van der Waals surface area contributed by atoms with Crippen molar-refractivity contribution >= 4 is 26.0 Å². The molecule has 0 rings (SSSR count). The maximum absolute atomic E-state index is 11.4. The maximum atomic E-state index is 11.4. The molecule has 8 nitrogen and oxygen atoms in total. The number of halogens is 6. The van der Waals surface area contributed by atoms with Gasteiger partial charge in [0.1, 0.15) is 13.2 Å². The van der Waals surface area contributed by atoms with Crippen LogP contribution in [0.4, 0.5) is 26.3 Å². The van der Waals surface area contributed by atoms with E-state index < -0.39 is 31.1 Å². The van der Waals surface area contributed by atoms with Gasteiger partial charge in [0.15, 0.2) is 20.0 Å². The molecule has 0 heterocycles. The Hall–Kier alpha value is -1.39. The summed E-state index contributed by atoms with van der Waals surface area (Å²) in [5.74, 6) is -0.334. The number of rotatable bonds is 8. The van der Waals surface area contributed by atoms with E-state index in [0.29, 0.717) is 6.61 Å². The van der Waals surface area contributed by atoms with Gasteiger partial charge in [-0.2, -0.15) is 26.3 Å². The smallest absolute Gasteiger partial charge is 0.457 e. The minimum atomic E-state index is -6.72. The normalized spacial score (nSPS) is 13.3. The SMILES string of the molecule is C=CC(=O)OCC[N+](C)(CC)CC.O=S(=O)([N-]S(=O)(=O)C(F)(F)F)C(F)(F)F. The average molecular weight is 466 g/mol. The van der Waals surface area contributed by atoms with Crippen LogP contribution in [0.3, 0.4) is 0 Å². The molecule has 0 amide bonds. The molecule has 0 aliphatic carbocycles. The zero-order valence-electron chi connectivity index (χ0n) is 15.0. The second-order valence-corrected chi connectivity index (χ2v) is 8.69. The molecule has 28 heavy (non-hydrogen) atoms. The van der Waals surface area contributed by atoms with Crippen molar-refractivity contribution in [2.24, 2.45) is 0 Å². The Labute approximate surface area is 158 Å². The molecule has 0 aliphatic rings. The van der Waals surface area contributed by atoms with Crippen LogP contribution >= 0.6 is 0 Å². The molecular formula is C12H20F6N2O6S2. The van der Waals surface area contributed by atoms with E-state index in [-0.39, 0.29) is 5.97 Å². The number of alkyl halides is 6. The van der Waals surface area contributed by atoms with Crippen molar-refractivity contribution < 1.29 is 57.2 Å². The second kappa shape index (κ2) is 10.4. The summed E-state index contributed by atoms with van der Waals surface area (Å²) in [6.07, 6.45) is 1.20. The summed E-state index contributed by atoms with van der Waals surface area (Å²) in [5, 5.41) is 0. The van der Waals surface area contributed by atoms with Crippen LogP contribution in [-0.2, 0) is 29.6 Å². The monoisotopic (exact) mass is 466 g/mol. The molecule has 0 aliphatic heterocycles. The van der Waals surface area contributed by atoms with Crippen LogP contribution in [0.1, 0.15) is 13.8 Å². The molecule has 0 N–H and O–H groups in total. The van der Waals surface area contributed by atoms with Gasteiger partial charge in [-0.15, -0.1) is 0 Å². The van der Waals surface area contributed by atoms with Crippen molar-refractivity contribution in [1.82, 2.24) is 0 Å². The topological polar surface area (TPSA) is 109 Å². The lowest BCUT2D eigenvalue weighted by molar-refractivity contribution is -0.906. The van der Waals surface area contributed by atoms with Crippen LogP contribution in [0, 0.1) is 0 Å². The Balaban J connectivity index is 0. The fraction of sp³-hybridized carbons (Fsp3) is 0.750. The fourth-order valence-electron chi connectivity index (χ4n) is 1.18. The molecule has 168 valence electrons. The number of hydrogen-bond donors (Lipinski definition) is 0. The van der Waals surface area contributed by atoms with Gasteiger partial charge in [0.2, 0.25) is 0 Å². The summed E-state index contributed by atoms with van der Waals surface area (Å²) in [4.78, 5) is 10.7. The van der Waals surface area contributed by atoms with Gasteiger partial charge in [0.25, 0.3) is 0 Å². The summed E-state index contributed by atoms with van der Waals surface area (Å²) < 4.78 is 115. The van der Waals surface area contributed by atoms with E-state index in [2.05, 4.69) is 27.5 Å². The number of esters is 1. The van der Waals surface area contributed by atoms with Gasteiger partial charge < -0.3 is 13.3 Å². The van der Waals surface area contributed by atoms with E-state index in [0.717, 1.165) is 28.2 Å². The zero-order valence-corrected chi connectivity index (χ0v) is 16.7. The molecule has 0 atom stereocenters. The highest BCUT2D eigenvalue weighted by atomic mass is 32.3. The summed E-state index contributed by atoms with van der Waals surface area (Å²) >= 11 is 0. The predicted molar refractivity (Wildman–Crippen MR) is 86.6 cm³/mol. The summed E-state index contributed by atoms with van der Waals surface area (Å²) in [5.41, 5.74) is -12.4. The van der Waals surface area contributed by atoms with Crippen LogP contribution < -0.4 is 0 Å². The fourth-order valence-corrected chi connectivity index (χ4v) is 2.89. The van der Waals surface area contributed by atoms with Gasteiger partial charge in [-0.05, 0) is 13.8 Å². The van der Waals surface area contributed by atoms with Crippen molar-refractivity contribution in [1.29, 1.82) is 0 Å². The van der Waals surface area contributed by atoms with Crippen molar-refractivity contribution in [2.75, 3.05) is 33.3 Å². The summed E-state index contributed by atoms with van der Waals surface area (Å²) in [7, 11) is -11.3. The Morgan fingerprint density at radius 2 is 1.36 bits per heavy atom. The van der Waals surface area contributed by atoms with Crippen molar-refractivity contribution in [2.45, 2.75) is 24.9 Å². The molecule has 0 aromatic carbocycles. The van der Waals surface area contributed by atoms with Gasteiger partial charge in [-0.25, -0.2) is 21.6 Å². The van der Waals surface area contributed by atoms with Gasteiger partial charge in [-0.3, -0.25) is 0 Å². The summed E-state index contributed by atoms with van der Waals surface area (Å²) in [6.45, 7) is 11.1. The lowest BCUT2D eigenvalue weighted by atomic mass is 10.4. The van der Waals surface area contributed by atoms with Crippen LogP contribution in [-0.4, -0.2) is 71.6 Å². The number of likely N-dealkylation sites (N-methyl/N-ethyl adjacent to an activating group) is 1. The Morgan fingerprint density at radius 3 is 1.61 bits per heavy atom. The quantitative estimate of drug-likeness (QED) is 0.235. The standard InChI is InChI=1S/C10H20NO2.C2F6NO4S2/c1-5-10(12)13-9-8-11(4,6-2)7-3;3-1(4,5)14(10,11)9-15(12,13)2(6,7)8/h5H,1,6-9H2,2-4H3;/q+1;-1. The molecule has 0 unspecified atom stereocenters. The van der Waals surface area contributed by atoms with Crippen molar-refractivity contribution in [3.05, 3.63) is 16.8 Å². The predicted octanol–water partition coefficient (Wildman–Crippen LogP) is 2.26. The molecule has 0 bridgehead atoms. The third-order valence-corrected chi connectivity index (χ3v) is 6.09. The molecule has 0 spiro atoms. The zero-order chi connectivity index (χ0) is 23.0. The number of carbonyl (C=O) groups excluding carboxylic acids is 1. The highest BCUT2D eigenvalue weighted by Crippen LogP contribution is 2.36. The first-order chi connectivity index (χ1) is 12.3. The lowest BCUT2D eigenvalue weighted by Gasteiger charge is -2.31. The van der Waals surface area contributed by atoms with Gasteiger partial charge in [-0.1, -0.05) is 6.58 Å². The summed E-state index contributed by atoms with van der Waals surface area (Å²) in [6, 6.07) is 0. The van der Waals surface area contributed by atoms with Gasteiger partial charge in [0.05, 0.1) is 20.1 Å². The van der Waals surface area contributed by atoms with Crippen LogP contribution in [0.25, 0.3) is 4.13 Å². The number of carbonyl (C=O) groups is 1. The first-order valence-electron chi connectivity index (χ1n) is 7.28. The van der Waals surface area contributed by atoms with Gasteiger partial charge >= 0.3 is 17.0 Å². The first-order valence-corrected chi connectivity index (χ1v) is 10.2. The molecule has 0 fully saturated rings. The number of hydrogen-bond acceptors (Lipinski definition) is 6. The van der Waals surface area contributed by atoms with Crippen LogP contribution in [0.5, 0.6) is 0 Å². The molecule has 0 saturated heterocycles. The molecular weight excluding hydrogens is 446 g/mol. The van der Waals surface area contributed by atoms with E-state index in [4.69, 9.17) is 4.74 Å². The number of nitrogens with zero attached hydrogens (tertiary/aromatic N) is 2. The molecule has 16 heteroatoms. The van der Waals surface area contributed by atoms with Gasteiger partial charge in [0, 0.05) is 6.08 Å². The third-order valence-electron chi connectivity index (χ3n) is 3.35. The van der Waals surface area contributed by atoms with Crippen LogP contribution in [0.15, 0.2) is 12.7 Å². The Kier molecular flexibility index (Phi) is 10.7. The van der Waals surface area contributed by atoms with E-state index in [1.165, 1.54) is 6.08 Å². The molecule has 0 radical (unpaired) electrons. The molecule has 0 aromatic rings. The number of ether oxygens (including phenoxy) is 1. The number of quaternary nitrogens is 1. The first kappa shape index (κ1) is 28.8. The number of sulfonamides is 2. The second-order valence-electron chi connectivity index (χ2n) is 5.26. The highest BCUT2D eigenvalue weighted by molar-refractivity contribution is 8.13. The van der Waals surface area contributed by atoms with Crippen LogP contribution in [0.2, 0.25) is 0 Å². The molecule has 0 aromatic heterocycles. The highest BCUT2D eigenvalue weighted by Gasteiger charge is 2.46. The molecule has 0 saturated carbocycles. The Morgan fingerprint density at radius 1 is 1.00 bits per heavy atom. The minimum absolute atomic E-state index is 0.334. The average Bonchev–Trinajstić information content (AvgIpc) is 2.52. The van der Waals surface area contributed by atoms with E-state index in [1.807, 2.05) is 0 Å². The lowest BCUT2D eigenvalue weighted by Crippen LogP contribution is -2.46. The third kappa shape index (κ3) is 9.70. The van der Waals surface area contributed by atoms with E-state index >= 15 is 0 Å². The maximum Gasteiger partial charge on any atom is 0.480 e. The van der Waals surface area contributed by atoms with E-state index in [9.17, 15) is 48.0 Å². The Bertz CT molecular complexity index is 685. The minimum Gasteiger partial charge on any atom is -0.457 e. The van der Waals surface area contributed by atoms with Crippen molar-refractivity contribution in [3.63, 3.8) is 0 Å².